The fourth-order valence-corrected chi connectivity index (χ4v) is 3.62. The number of aromatic nitrogens is 1. The molecule has 0 saturated heterocycles. The zero-order valence-electron chi connectivity index (χ0n) is 13.1. The molecule has 1 aromatic carbocycles. The molecule has 22 heavy (non-hydrogen) atoms. The predicted molar refractivity (Wildman–Crippen MR) is 92.1 cm³/mol. The van der Waals surface area contributed by atoms with E-state index in [0.717, 1.165) is 10.9 Å². The van der Waals surface area contributed by atoms with Crippen LogP contribution in [0.3, 0.4) is 0 Å². The number of fused-ring (bicyclic) bond motifs is 1. The maximum Gasteiger partial charge on any atom is 0.227 e. The van der Waals surface area contributed by atoms with Crippen molar-refractivity contribution < 1.29 is 4.79 Å². The van der Waals surface area contributed by atoms with Crippen molar-refractivity contribution in [3.63, 3.8) is 0 Å². The summed E-state index contributed by atoms with van der Waals surface area (Å²) < 4.78 is 2.08. The van der Waals surface area contributed by atoms with Crippen LogP contribution in [0.2, 0.25) is 0 Å². The largest absolute Gasteiger partial charge is 0.350 e. The van der Waals surface area contributed by atoms with Gasteiger partial charge in [0, 0.05) is 36.1 Å². The summed E-state index contributed by atoms with van der Waals surface area (Å²) in [6.45, 7) is 2.08. The van der Waals surface area contributed by atoms with Crippen LogP contribution in [0.5, 0.6) is 0 Å². The molecule has 0 N–H and O–H groups in total. The van der Waals surface area contributed by atoms with Gasteiger partial charge in [-0.2, -0.15) is 0 Å². The van der Waals surface area contributed by atoms with Crippen molar-refractivity contribution in [2.45, 2.75) is 19.4 Å². The Labute approximate surface area is 134 Å². The first-order valence-electron chi connectivity index (χ1n) is 7.40. The lowest BCUT2D eigenvalue weighted by Gasteiger charge is -2.24. The molecule has 0 aliphatic carbocycles. The van der Waals surface area contributed by atoms with Gasteiger partial charge in [0.2, 0.25) is 5.91 Å². The summed E-state index contributed by atoms with van der Waals surface area (Å²) in [7, 11) is 3.91. The number of amides is 1. The van der Waals surface area contributed by atoms with Crippen molar-refractivity contribution in [3.05, 3.63) is 58.4 Å². The molecule has 3 aromatic rings. The molecule has 4 heteroatoms. The summed E-state index contributed by atoms with van der Waals surface area (Å²) in [5.74, 6) is 0.150. The number of para-hydroxylation sites is 1. The molecule has 1 atom stereocenters. The third kappa shape index (κ3) is 2.66. The van der Waals surface area contributed by atoms with Gasteiger partial charge in [-0.25, -0.2) is 0 Å². The number of aryl methyl sites for hydroxylation is 1. The monoisotopic (exact) mass is 312 g/mol. The molecule has 1 unspecified atom stereocenters. The van der Waals surface area contributed by atoms with Gasteiger partial charge in [-0.1, -0.05) is 24.3 Å². The van der Waals surface area contributed by atoms with Gasteiger partial charge >= 0.3 is 0 Å². The van der Waals surface area contributed by atoms with Crippen LogP contribution in [-0.4, -0.2) is 22.4 Å². The maximum atomic E-state index is 12.6. The molecule has 3 nitrogen and oxygen atoms in total. The summed E-state index contributed by atoms with van der Waals surface area (Å²) in [4.78, 5) is 15.7. The fraction of sp³-hybridized carbons (Fsp3) is 0.278. The lowest BCUT2D eigenvalue weighted by molar-refractivity contribution is -0.131. The quantitative estimate of drug-likeness (QED) is 0.715. The molecule has 0 spiro atoms. The van der Waals surface area contributed by atoms with Crippen molar-refractivity contribution in [2.24, 2.45) is 7.05 Å². The van der Waals surface area contributed by atoms with E-state index < -0.39 is 0 Å². The van der Waals surface area contributed by atoms with Crippen molar-refractivity contribution in [1.29, 1.82) is 0 Å². The first-order valence-corrected chi connectivity index (χ1v) is 8.28. The van der Waals surface area contributed by atoms with Gasteiger partial charge in [-0.15, -0.1) is 11.3 Å². The highest BCUT2D eigenvalue weighted by atomic mass is 32.1. The summed E-state index contributed by atoms with van der Waals surface area (Å²) in [6, 6.07) is 12.4. The van der Waals surface area contributed by atoms with Crippen LogP contribution in [0.1, 0.15) is 23.4 Å². The minimum Gasteiger partial charge on any atom is -0.350 e. The van der Waals surface area contributed by atoms with Crippen LogP contribution in [0, 0.1) is 0 Å². The molecule has 0 radical (unpaired) electrons. The van der Waals surface area contributed by atoms with Gasteiger partial charge in [0.25, 0.3) is 0 Å². The van der Waals surface area contributed by atoms with Crippen LogP contribution < -0.4 is 0 Å². The molecule has 114 valence electrons. The topological polar surface area (TPSA) is 25.2 Å². The van der Waals surface area contributed by atoms with Crippen molar-refractivity contribution >= 4 is 28.1 Å². The van der Waals surface area contributed by atoms with Gasteiger partial charge in [0.1, 0.15) is 0 Å². The predicted octanol–water partition coefficient (Wildman–Crippen LogP) is 4.00. The minimum atomic E-state index is 0.113. The number of carbonyl (C=O) groups excluding carboxylic acids is 1. The Morgan fingerprint density at radius 1 is 1.27 bits per heavy atom. The Bertz CT molecular complexity index is 789. The molecule has 3 rings (SSSR count). The molecule has 0 bridgehead atoms. The van der Waals surface area contributed by atoms with Crippen molar-refractivity contribution in [1.82, 2.24) is 9.47 Å². The standard InChI is InChI=1S/C18H20N2OS/c1-13(17-9-6-10-22-17)20(3)18(21)11-14-12-19(2)16-8-5-4-7-15(14)16/h4-10,12-13H,11H2,1-3H3. The smallest absolute Gasteiger partial charge is 0.227 e. The number of thiophene rings is 1. The molecule has 2 heterocycles. The molecule has 2 aromatic heterocycles. The van der Waals surface area contributed by atoms with Crippen LogP contribution in [-0.2, 0) is 18.3 Å². The number of hydrogen-bond acceptors (Lipinski definition) is 2. The normalized spacial score (nSPS) is 12.5. The van der Waals surface area contributed by atoms with E-state index in [9.17, 15) is 4.79 Å². The number of likely N-dealkylation sites (N-methyl/N-ethyl adjacent to an activating group) is 1. The molecule has 0 aliphatic heterocycles. The second kappa shape index (κ2) is 5.97. The average Bonchev–Trinajstić information content (AvgIpc) is 3.16. The second-order valence-electron chi connectivity index (χ2n) is 5.66. The van der Waals surface area contributed by atoms with Gasteiger partial charge in [0.05, 0.1) is 12.5 Å². The van der Waals surface area contributed by atoms with Crippen LogP contribution in [0.4, 0.5) is 0 Å². The molecule has 1 amide bonds. The van der Waals surface area contributed by atoms with Gasteiger partial charge in [-0.3, -0.25) is 4.79 Å². The zero-order valence-corrected chi connectivity index (χ0v) is 13.9. The minimum absolute atomic E-state index is 0.113. The third-order valence-corrected chi connectivity index (χ3v) is 5.29. The molecule has 0 saturated carbocycles. The van der Waals surface area contributed by atoms with Crippen LogP contribution in [0.25, 0.3) is 10.9 Å². The van der Waals surface area contributed by atoms with Gasteiger partial charge in [-0.05, 0) is 30.0 Å². The van der Waals surface area contributed by atoms with E-state index in [2.05, 4.69) is 41.3 Å². The van der Waals surface area contributed by atoms with E-state index in [1.54, 1.807) is 11.3 Å². The number of benzene rings is 1. The van der Waals surface area contributed by atoms with Crippen LogP contribution in [0.15, 0.2) is 48.0 Å². The van der Waals surface area contributed by atoms with Crippen LogP contribution >= 0.6 is 11.3 Å². The molecule has 0 fully saturated rings. The Hall–Kier alpha value is -2.07. The number of nitrogens with zero attached hydrogens (tertiary/aromatic N) is 2. The van der Waals surface area contributed by atoms with E-state index in [-0.39, 0.29) is 11.9 Å². The summed E-state index contributed by atoms with van der Waals surface area (Å²) in [6.07, 6.45) is 2.50. The second-order valence-corrected chi connectivity index (χ2v) is 6.63. The Morgan fingerprint density at radius 2 is 2.05 bits per heavy atom. The lowest BCUT2D eigenvalue weighted by atomic mass is 10.1. The van der Waals surface area contributed by atoms with E-state index in [1.807, 2.05) is 37.2 Å². The highest BCUT2D eigenvalue weighted by molar-refractivity contribution is 7.10. The van der Waals surface area contributed by atoms with E-state index >= 15 is 0 Å². The van der Waals surface area contributed by atoms with E-state index in [0.29, 0.717) is 6.42 Å². The number of hydrogen-bond donors (Lipinski definition) is 0. The number of carbonyl (C=O) groups is 1. The SMILES string of the molecule is CC(c1cccs1)N(C)C(=O)Cc1cn(C)c2ccccc12. The third-order valence-electron chi connectivity index (χ3n) is 4.25. The van der Waals surface area contributed by atoms with Gasteiger partial charge in [0.15, 0.2) is 0 Å². The number of rotatable bonds is 4. The molecular weight excluding hydrogens is 292 g/mol. The van der Waals surface area contributed by atoms with Crippen molar-refractivity contribution in [3.8, 4) is 0 Å². The summed E-state index contributed by atoms with van der Waals surface area (Å²) >= 11 is 1.69. The highest BCUT2D eigenvalue weighted by Gasteiger charge is 2.19. The Kier molecular flexibility index (Phi) is 4.03. The van der Waals surface area contributed by atoms with E-state index in [1.165, 1.54) is 10.4 Å². The Balaban J connectivity index is 1.81. The highest BCUT2D eigenvalue weighted by Crippen LogP contribution is 2.25. The first-order chi connectivity index (χ1) is 10.6. The molecule has 0 aliphatic rings. The van der Waals surface area contributed by atoms with E-state index in [4.69, 9.17) is 0 Å². The fourth-order valence-electron chi connectivity index (χ4n) is 2.79. The maximum absolute atomic E-state index is 12.6. The Morgan fingerprint density at radius 3 is 2.77 bits per heavy atom. The summed E-state index contributed by atoms with van der Waals surface area (Å²) in [5, 5.41) is 3.21. The van der Waals surface area contributed by atoms with Crippen molar-refractivity contribution in [2.75, 3.05) is 7.05 Å². The average molecular weight is 312 g/mol. The molecular formula is C18H20N2OS. The first kappa shape index (κ1) is 14.9. The van der Waals surface area contributed by atoms with Gasteiger partial charge < -0.3 is 9.47 Å². The lowest BCUT2D eigenvalue weighted by Crippen LogP contribution is -2.30. The zero-order chi connectivity index (χ0) is 15.7. The summed E-state index contributed by atoms with van der Waals surface area (Å²) in [5.41, 5.74) is 2.26.